The summed E-state index contributed by atoms with van der Waals surface area (Å²) in [7, 11) is 1.84. The lowest BCUT2D eigenvalue weighted by atomic mass is 10.1. The molecular weight excluding hydrogens is 268 g/mol. The molecule has 0 radical (unpaired) electrons. The molecule has 0 fully saturated rings. The molecule has 2 N–H and O–H groups in total. The average molecular weight is 288 g/mol. The molecule has 1 heterocycles. The van der Waals surface area contributed by atoms with Gasteiger partial charge in [0.2, 0.25) is 0 Å². The maximum Gasteiger partial charge on any atom is 0.323 e. The number of likely N-dealkylation sites (N-methyl/N-ethyl adjacent to an activating group) is 1. The van der Waals surface area contributed by atoms with Gasteiger partial charge in [0.25, 0.3) is 0 Å². The summed E-state index contributed by atoms with van der Waals surface area (Å²) in [5, 5.41) is 16.0. The second kappa shape index (κ2) is 6.90. The minimum absolute atomic E-state index is 0.0568. The van der Waals surface area contributed by atoms with Crippen LogP contribution in [-0.4, -0.2) is 45.5 Å². The molecule has 0 bridgehead atoms. The number of anilines is 1. The number of nitrogens with one attached hydrogen (secondary N) is 1. The number of benzene rings is 1. The molecule has 2 amide bonds. The van der Waals surface area contributed by atoms with Gasteiger partial charge < -0.3 is 10.0 Å². The predicted octanol–water partition coefficient (Wildman–Crippen LogP) is 1.93. The molecule has 0 saturated carbocycles. The Morgan fingerprint density at radius 2 is 2.10 bits per heavy atom. The summed E-state index contributed by atoms with van der Waals surface area (Å²) in [5.41, 5.74) is 1.96. The van der Waals surface area contributed by atoms with Crippen LogP contribution in [0.2, 0.25) is 0 Å². The van der Waals surface area contributed by atoms with Crippen LogP contribution in [0.3, 0.4) is 0 Å². The van der Waals surface area contributed by atoms with Crippen LogP contribution in [0, 0.1) is 0 Å². The summed E-state index contributed by atoms with van der Waals surface area (Å²) in [5.74, 6) is 0.498. The molecular formula is C15H20N4O2. The van der Waals surface area contributed by atoms with E-state index in [1.807, 2.05) is 50.4 Å². The van der Waals surface area contributed by atoms with Gasteiger partial charge in [-0.3, -0.25) is 10.00 Å². The fourth-order valence-electron chi connectivity index (χ4n) is 2.12. The standard InChI is InChI=1S/C15H20N4O2/c1-3-19(9-10-20)15(21)16-14-11-13(18(2)17-14)12-7-5-4-6-8-12/h4-8,11,20H,3,9-10H2,1-2H3,(H,16,17,21). The first kappa shape index (κ1) is 15.1. The lowest BCUT2D eigenvalue weighted by Gasteiger charge is -2.19. The summed E-state index contributed by atoms with van der Waals surface area (Å²) < 4.78 is 1.73. The molecule has 0 aliphatic heterocycles. The normalized spacial score (nSPS) is 10.4. The van der Waals surface area contributed by atoms with Gasteiger partial charge in [-0.1, -0.05) is 30.3 Å². The van der Waals surface area contributed by atoms with Crippen LogP contribution in [0.1, 0.15) is 6.92 Å². The Morgan fingerprint density at radius 3 is 2.71 bits per heavy atom. The number of carbonyl (C=O) groups excluding carboxylic acids is 1. The molecule has 112 valence electrons. The van der Waals surface area contributed by atoms with E-state index in [0.29, 0.717) is 18.9 Å². The third-order valence-corrected chi connectivity index (χ3v) is 3.22. The van der Waals surface area contributed by atoms with E-state index < -0.39 is 0 Å². The van der Waals surface area contributed by atoms with Crippen LogP contribution in [0.4, 0.5) is 10.6 Å². The number of aryl methyl sites for hydroxylation is 1. The summed E-state index contributed by atoms with van der Waals surface area (Å²) in [6.07, 6.45) is 0. The van der Waals surface area contributed by atoms with Gasteiger partial charge in [-0.25, -0.2) is 4.79 Å². The fraction of sp³-hybridized carbons (Fsp3) is 0.333. The fourth-order valence-corrected chi connectivity index (χ4v) is 2.12. The maximum absolute atomic E-state index is 12.0. The monoisotopic (exact) mass is 288 g/mol. The van der Waals surface area contributed by atoms with Crippen molar-refractivity contribution in [2.45, 2.75) is 6.92 Å². The number of nitrogens with zero attached hydrogens (tertiary/aromatic N) is 3. The SMILES string of the molecule is CCN(CCO)C(=O)Nc1cc(-c2ccccc2)n(C)n1. The van der Waals surface area contributed by atoms with E-state index in [9.17, 15) is 4.79 Å². The summed E-state index contributed by atoms with van der Waals surface area (Å²) in [4.78, 5) is 13.6. The Morgan fingerprint density at radius 1 is 1.38 bits per heavy atom. The molecule has 0 aliphatic rings. The van der Waals surface area contributed by atoms with Gasteiger partial charge in [-0.15, -0.1) is 0 Å². The average Bonchev–Trinajstić information content (AvgIpc) is 2.86. The molecule has 1 aromatic carbocycles. The maximum atomic E-state index is 12.0. The summed E-state index contributed by atoms with van der Waals surface area (Å²) in [6, 6.07) is 11.4. The van der Waals surface area contributed by atoms with Crippen LogP contribution in [0.15, 0.2) is 36.4 Å². The molecule has 1 aromatic heterocycles. The Balaban J connectivity index is 2.14. The van der Waals surface area contributed by atoms with Crippen molar-refractivity contribution < 1.29 is 9.90 Å². The lowest BCUT2D eigenvalue weighted by Crippen LogP contribution is -2.36. The van der Waals surface area contributed by atoms with Gasteiger partial charge in [0.1, 0.15) is 0 Å². The number of carbonyl (C=O) groups is 1. The number of hydrogen-bond acceptors (Lipinski definition) is 3. The second-order valence-electron chi connectivity index (χ2n) is 4.64. The molecule has 0 atom stereocenters. The molecule has 2 aromatic rings. The van der Waals surface area contributed by atoms with E-state index in [1.54, 1.807) is 4.68 Å². The first-order valence-electron chi connectivity index (χ1n) is 6.92. The number of rotatable bonds is 5. The highest BCUT2D eigenvalue weighted by Gasteiger charge is 2.14. The minimum atomic E-state index is -0.260. The van der Waals surface area contributed by atoms with Crippen molar-refractivity contribution in [2.24, 2.45) is 7.05 Å². The van der Waals surface area contributed by atoms with Crippen molar-refractivity contribution in [3.63, 3.8) is 0 Å². The van der Waals surface area contributed by atoms with Crippen molar-refractivity contribution in [1.29, 1.82) is 0 Å². The third kappa shape index (κ3) is 3.61. The van der Waals surface area contributed by atoms with Crippen molar-refractivity contribution in [3.8, 4) is 11.3 Å². The molecule has 0 spiro atoms. The van der Waals surface area contributed by atoms with Gasteiger partial charge >= 0.3 is 6.03 Å². The zero-order chi connectivity index (χ0) is 15.2. The highest BCUT2D eigenvalue weighted by Crippen LogP contribution is 2.21. The van der Waals surface area contributed by atoms with E-state index in [4.69, 9.17) is 5.11 Å². The third-order valence-electron chi connectivity index (χ3n) is 3.22. The van der Waals surface area contributed by atoms with Gasteiger partial charge in [-0.2, -0.15) is 5.10 Å². The van der Waals surface area contributed by atoms with Gasteiger partial charge in [-0.05, 0) is 12.5 Å². The van der Waals surface area contributed by atoms with E-state index in [2.05, 4.69) is 10.4 Å². The molecule has 0 aliphatic carbocycles. The van der Waals surface area contributed by atoms with E-state index >= 15 is 0 Å². The van der Waals surface area contributed by atoms with Gasteiger partial charge in [0, 0.05) is 26.2 Å². The summed E-state index contributed by atoms with van der Waals surface area (Å²) >= 11 is 0. The predicted molar refractivity (Wildman–Crippen MR) is 82.0 cm³/mol. The molecule has 6 nitrogen and oxygen atoms in total. The van der Waals surface area contributed by atoms with Crippen LogP contribution in [-0.2, 0) is 7.05 Å². The number of aromatic nitrogens is 2. The number of aliphatic hydroxyl groups excluding tert-OH is 1. The highest BCUT2D eigenvalue weighted by molar-refractivity contribution is 5.89. The molecule has 2 rings (SSSR count). The first-order valence-corrected chi connectivity index (χ1v) is 6.92. The van der Waals surface area contributed by atoms with E-state index in [0.717, 1.165) is 11.3 Å². The van der Waals surface area contributed by atoms with Gasteiger partial charge in [0.15, 0.2) is 5.82 Å². The zero-order valence-electron chi connectivity index (χ0n) is 12.3. The highest BCUT2D eigenvalue weighted by atomic mass is 16.3. The van der Waals surface area contributed by atoms with Crippen molar-refractivity contribution in [3.05, 3.63) is 36.4 Å². The Kier molecular flexibility index (Phi) is 4.94. The Labute approximate surface area is 124 Å². The summed E-state index contributed by atoms with van der Waals surface area (Å²) in [6.45, 7) is 2.65. The number of urea groups is 1. The van der Waals surface area contributed by atoms with Gasteiger partial charge in [0.05, 0.1) is 12.3 Å². The molecule has 21 heavy (non-hydrogen) atoms. The van der Waals surface area contributed by atoms with Crippen molar-refractivity contribution in [2.75, 3.05) is 25.0 Å². The quantitative estimate of drug-likeness (QED) is 0.883. The Bertz CT molecular complexity index is 595. The van der Waals surface area contributed by atoms with Crippen molar-refractivity contribution in [1.82, 2.24) is 14.7 Å². The first-order chi connectivity index (χ1) is 10.2. The van der Waals surface area contributed by atoms with E-state index in [-0.39, 0.29) is 12.6 Å². The van der Waals surface area contributed by atoms with Crippen LogP contribution >= 0.6 is 0 Å². The Hall–Kier alpha value is -2.34. The number of aliphatic hydroxyl groups is 1. The molecule has 0 unspecified atom stereocenters. The van der Waals surface area contributed by atoms with Crippen molar-refractivity contribution >= 4 is 11.8 Å². The van der Waals surface area contributed by atoms with Crippen LogP contribution in [0.25, 0.3) is 11.3 Å². The number of amides is 2. The van der Waals surface area contributed by atoms with Crippen LogP contribution in [0.5, 0.6) is 0 Å². The number of hydrogen-bond donors (Lipinski definition) is 2. The zero-order valence-corrected chi connectivity index (χ0v) is 12.3. The van der Waals surface area contributed by atoms with E-state index in [1.165, 1.54) is 4.90 Å². The lowest BCUT2D eigenvalue weighted by molar-refractivity contribution is 0.192. The molecule has 0 saturated heterocycles. The second-order valence-corrected chi connectivity index (χ2v) is 4.64. The van der Waals surface area contributed by atoms with Crippen LogP contribution < -0.4 is 5.32 Å². The molecule has 6 heteroatoms. The smallest absolute Gasteiger partial charge is 0.323 e. The minimum Gasteiger partial charge on any atom is -0.395 e. The topological polar surface area (TPSA) is 70.4 Å². The largest absolute Gasteiger partial charge is 0.395 e.